The van der Waals surface area contributed by atoms with Crippen molar-refractivity contribution < 1.29 is 15.0 Å². The number of phenols is 1. The van der Waals surface area contributed by atoms with E-state index in [0.717, 1.165) is 30.5 Å². The molecule has 1 amide bonds. The van der Waals surface area contributed by atoms with Crippen LogP contribution in [-0.4, -0.2) is 64.7 Å². The summed E-state index contributed by atoms with van der Waals surface area (Å²) in [6.45, 7) is 1.43. The topological polar surface area (TPSA) is 64.0 Å². The Bertz CT molecular complexity index is 1020. The predicted octanol–water partition coefficient (Wildman–Crippen LogP) is 4.26. The van der Waals surface area contributed by atoms with E-state index in [1.54, 1.807) is 24.3 Å². The number of aromatic hydroxyl groups is 1. The highest BCUT2D eigenvalue weighted by Crippen LogP contribution is 2.52. The van der Waals surface area contributed by atoms with E-state index >= 15 is 0 Å². The molecule has 2 aromatic carbocycles. The number of piperidine rings is 1. The summed E-state index contributed by atoms with van der Waals surface area (Å²) in [6.07, 6.45) is 3.01. The maximum atomic E-state index is 13.1. The van der Waals surface area contributed by atoms with Crippen LogP contribution in [0.25, 0.3) is 0 Å². The van der Waals surface area contributed by atoms with Gasteiger partial charge in [-0.1, -0.05) is 41.4 Å². The largest absolute Gasteiger partial charge is 0.508 e. The standard InChI is InChI=1S/C25H30Cl2N2O3/c1-28-11-10-24(18-4-3-5-20(30)14-18)15-19(8-9-25(24,32)16-28)29(2)23(31)13-17-6-7-21(26)22(27)12-17/h3-7,12,14,19,30,32H,8-11,13,15-16H2,1-2H3/t19-,24-,25-/m0/s1. The van der Waals surface area contributed by atoms with E-state index in [-0.39, 0.29) is 24.1 Å². The van der Waals surface area contributed by atoms with Crippen molar-refractivity contribution >= 4 is 29.1 Å². The number of rotatable bonds is 4. The second-order valence-corrected chi connectivity index (χ2v) is 10.3. The molecule has 1 saturated carbocycles. The smallest absolute Gasteiger partial charge is 0.226 e. The normalized spacial score (nSPS) is 28.2. The number of nitrogens with zero attached hydrogens (tertiary/aromatic N) is 2. The number of aliphatic hydroxyl groups is 1. The highest BCUT2D eigenvalue weighted by atomic mass is 35.5. The van der Waals surface area contributed by atoms with Crippen LogP contribution in [0.2, 0.25) is 10.0 Å². The average molecular weight is 477 g/mol. The van der Waals surface area contributed by atoms with Gasteiger partial charge in [0.15, 0.2) is 0 Å². The molecule has 0 unspecified atom stereocenters. The van der Waals surface area contributed by atoms with Crippen molar-refractivity contribution in [3.05, 3.63) is 63.6 Å². The van der Waals surface area contributed by atoms with Crippen LogP contribution in [0, 0.1) is 0 Å². The van der Waals surface area contributed by atoms with Crippen molar-refractivity contribution in [1.29, 1.82) is 0 Å². The third-order valence-electron chi connectivity index (χ3n) is 7.50. The van der Waals surface area contributed by atoms with Gasteiger partial charge >= 0.3 is 0 Å². The number of β-amino-alcohol motifs (C(OH)–C–C–N with tert-alkyl or cyclic N) is 1. The van der Waals surface area contributed by atoms with Crippen LogP contribution in [-0.2, 0) is 16.6 Å². The Morgan fingerprint density at radius 2 is 1.97 bits per heavy atom. The molecule has 0 aromatic heterocycles. The van der Waals surface area contributed by atoms with Gasteiger partial charge in [-0.2, -0.15) is 0 Å². The molecule has 4 rings (SSSR count). The van der Waals surface area contributed by atoms with Crippen molar-refractivity contribution in [3.63, 3.8) is 0 Å². The van der Waals surface area contributed by atoms with Crippen molar-refractivity contribution in [3.8, 4) is 5.75 Å². The lowest BCUT2D eigenvalue weighted by molar-refractivity contribution is -0.145. The summed E-state index contributed by atoms with van der Waals surface area (Å²) in [5.41, 5.74) is 0.352. The zero-order chi connectivity index (χ0) is 23.1. The SMILES string of the molecule is CN1CC[C@@]2(c3cccc(O)c3)C[C@@H](N(C)C(=O)Cc3ccc(Cl)c(Cl)c3)CC[C@]2(O)C1. The first-order valence-corrected chi connectivity index (χ1v) is 11.8. The number of amides is 1. The molecular formula is C25H30Cl2N2O3. The lowest BCUT2D eigenvalue weighted by Gasteiger charge is -2.58. The van der Waals surface area contributed by atoms with Crippen LogP contribution in [0.15, 0.2) is 42.5 Å². The molecule has 1 heterocycles. The van der Waals surface area contributed by atoms with Crippen LogP contribution in [0.4, 0.5) is 0 Å². The fourth-order valence-electron chi connectivity index (χ4n) is 5.63. The fraction of sp³-hybridized carbons (Fsp3) is 0.480. The number of carbonyl (C=O) groups excluding carboxylic acids is 1. The highest BCUT2D eigenvalue weighted by Gasteiger charge is 2.57. The van der Waals surface area contributed by atoms with Crippen LogP contribution in [0.1, 0.15) is 36.8 Å². The molecule has 2 aliphatic rings. The second-order valence-electron chi connectivity index (χ2n) is 9.48. The Hall–Kier alpha value is -1.79. The maximum Gasteiger partial charge on any atom is 0.226 e. The van der Waals surface area contributed by atoms with Gasteiger partial charge in [-0.15, -0.1) is 0 Å². The first kappa shape index (κ1) is 23.4. The van der Waals surface area contributed by atoms with E-state index in [1.807, 2.05) is 37.2 Å². The summed E-state index contributed by atoms with van der Waals surface area (Å²) in [4.78, 5) is 17.1. The van der Waals surface area contributed by atoms with Gasteiger partial charge in [-0.25, -0.2) is 0 Å². The molecule has 0 bridgehead atoms. The Kier molecular flexibility index (Phi) is 6.47. The van der Waals surface area contributed by atoms with Crippen molar-refractivity contribution in [2.45, 2.75) is 49.2 Å². The minimum absolute atomic E-state index is 0.00342. The van der Waals surface area contributed by atoms with Crippen LogP contribution in [0.5, 0.6) is 5.75 Å². The zero-order valence-corrected chi connectivity index (χ0v) is 20.0. The Morgan fingerprint density at radius 3 is 2.69 bits per heavy atom. The third-order valence-corrected chi connectivity index (χ3v) is 8.24. The first-order valence-electron chi connectivity index (χ1n) is 11.0. The molecule has 1 aliphatic carbocycles. The molecule has 172 valence electrons. The maximum absolute atomic E-state index is 13.1. The molecule has 3 atom stereocenters. The quantitative estimate of drug-likeness (QED) is 0.691. The van der Waals surface area contributed by atoms with Gasteiger partial charge < -0.3 is 20.0 Å². The number of halogens is 2. The second kappa shape index (κ2) is 8.86. The minimum Gasteiger partial charge on any atom is -0.508 e. The molecule has 2 N–H and O–H groups in total. The summed E-state index contributed by atoms with van der Waals surface area (Å²) in [6, 6.07) is 12.5. The van der Waals surface area contributed by atoms with E-state index in [9.17, 15) is 15.0 Å². The predicted molar refractivity (Wildman–Crippen MR) is 127 cm³/mol. The first-order chi connectivity index (χ1) is 15.1. The number of likely N-dealkylation sites (tertiary alicyclic amines) is 1. The van der Waals surface area contributed by atoms with Crippen molar-refractivity contribution in [1.82, 2.24) is 9.80 Å². The van der Waals surface area contributed by atoms with Crippen LogP contribution in [0.3, 0.4) is 0 Å². The molecule has 5 nitrogen and oxygen atoms in total. The molecule has 2 fully saturated rings. The molecule has 32 heavy (non-hydrogen) atoms. The van der Waals surface area contributed by atoms with Crippen LogP contribution < -0.4 is 0 Å². The summed E-state index contributed by atoms with van der Waals surface area (Å²) in [5.74, 6) is 0.210. The molecular weight excluding hydrogens is 447 g/mol. The van der Waals surface area contributed by atoms with Gasteiger partial charge in [-0.05, 0) is 74.7 Å². The number of fused-ring (bicyclic) bond motifs is 1. The Labute approximate surface area is 199 Å². The van der Waals surface area contributed by atoms with Gasteiger partial charge in [0, 0.05) is 25.0 Å². The van der Waals surface area contributed by atoms with E-state index in [4.69, 9.17) is 23.2 Å². The lowest BCUT2D eigenvalue weighted by Crippen LogP contribution is -2.66. The van der Waals surface area contributed by atoms with E-state index in [2.05, 4.69) is 4.90 Å². The summed E-state index contributed by atoms with van der Waals surface area (Å²) < 4.78 is 0. The number of carbonyl (C=O) groups is 1. The monoisotopic (exact) mass is 476 g/mol. The number of hydrogen-bond acceptors (Lipinski definition) is 4. The van der Waals surface area contributed by atoms with Crippen molar-refractivity contribution in [2.75, 3.05) is 27.2 Å². The molecule has 0 spiro atoms. The van der Waals surface area contributed by atoms with E-state index in [1.165, 1.54) is 0 Å². The van der Waals surface area contributed by atoms with Gasteiger partial charge in [0.1, 0.15) is 5.75 Å². The molecule has 2 aromatic rings. The average Bonchev–Trinajstić information content (AvgIpc) is 2.75. The summed E-state index contributed by atoms with van der Waals surface area (Å²) >= 11 is 12.1. The lowest BCUT2D eigenvalue weighted by atomic mass is 9.55. The van der Waals surface area contributed by atoms with E-state index in [0.29, 0.717) is 29.4 Å². The number of phenolic OH excluding ortho intramolecular Hbond substituents is 1. The molecule has 7 heteroatoms. The van der Waals surface area contributed by atoms with Crippen molar-refractivity contribution in [2.24, 2.45) is 0 Å². The fourth-order valence-corrected chi connectivity index (χ4v) is 5.95. The van der Waals surface area contributed by atoms with Gasteiger partial charge in [0.25, 0.3) is 0 Å². The van der Waals surface area contributed by atoms with Gasteiger partial charge in [-0.3, -0.25) is 4.79 Å². The summed E-state index contributed by atoms with van der Waals surface area (Å²) in [5, 5.41) is 22.9. The molecule has 1 saturated heterocycles. The Morgan fingerprint density at radius 1 is 1.19 bits per heavy atom. The molecule has 0 radical (unpaired) electrons. The molecule has 1 aliphatic heterocycles. The highest BCUT2D eigenvalue weighted by molar-refractivity contribution is 6.42. The minimum atomic E-state index is -0.905. The zero-order valence-electron chi connectivity index (χ0n) is 18.5. The Balaban J connectivity index is 1.60. The number of likely N-dealkylation sites (N-methyl/N-ethyl adjacent to an activating group) is 2. The van der Waals surface area contributed by atoms with Crippen LogP contribution >= 0.6 is 23.2 Å². The van der Waals surface area contributed by atoms with E-state index < -0.39 is 11.0 Å². The number of hydrogen-bond donors (Lipinski definition) is 2. The third kappa shape index (κ3) is 4.24. The summed E-state index contributed by atoms with van der Waals surface area (Å²) in [7, 11) is 3.88. The number of benzene rings is 2. The van der Waals surface area contributed by atoms with Gasteiger partial charge in [0.2, 0.25) is 5.91 Å². The van der Waals surface area contributed by atoms with Gasteiger partial charge in [0.05, 0.1) is 22.1 Å².